The van der Waals surface area contributed by atoms with Crippen LogP contribution in [-0.4, -0.2) is 9.97 Å². The number of rotatable bonds is 3. The zero-order valence-corrected chi connectivity index (χ0v) is 22.6. The van der Waals surface area contributed by atoms with E-state index in [0.717, 1.165) is 66.1 Å². The van der Waals surface area contributed by atoms with E-state index in [9.17, 15) is 5.26 Å². The SMILES string of the molecule is N#Cc1ccc(-c2cc3ccccc3cc2-c2ccc3cccc(-c4ccc5ccc6cccnc6c5n4)c3c2)cc1. The van der Waals surface area contributed by atoms with Crippen LogP contribution in [-0.2, 0) is 0 Å². The normalized spacial score (nSPS) is 11.3. The zero-order valence-electron chi connectivity index (χ0n) is 22.6. The van der Waals surface area contributed by atoms with Crippen LogP contribution in [0, 0.1) is 11.3 Å². The molecule has 0 unspecified atom stereocenters. The molecule has 0 amide bonds. The molecule has 0 radical (unpaired) electrons. The molecular weight excluding hydrogens is 510 g/mol. The van der Waals surface area contributed by atoms with E-state index in [1.54, 1.807) is 0 Å². The first-order valence-corrected chi connectivity index (χ1v) is 14.0. The minimum atomic E-state index is 0.655. The van der Waals surface area contributed by atoms with Crippen molar-refractivity contribution in [2.24, 2.45) is 0 Å². The molecule has 0 saturated heterocycles. The summed E-state index contributed by atoms with van der Waals surface area (Å²) < 4.78 is 0. The van der Waals surface area contributed by atoms with Crippen molar-refractivity contribution in [1.29, 1.82) is 5.26 Å². The lowest BCUT2D eigenvalue weighted by molar-refractivity contribution is 1.37. The van der Waals surface area contributed by atoms with Crippen molar-refractivity contribution in [2.75, 3.05) is 0 Å². The Balaban J connectivity index is 1.35. The van der Waals surface area contributed by atoms with Gasteiger partial charge in [0.25, 0.3) is 0 Å². The first-order valence-electron chi connectivity index (χ1n) is 14.0. The predicted octanol–water partition coefficient (Wildman–Crippen LogP) is 9.96. The molecule has 0 spiro atoms. The van der Waals surface area contributed by atoms with Gasteiger partial charge in [-0.1, -0.05) is 91.0 Å². The summed E-state index contributed by atoms with van der Waals surface area (Å²) >= 11 is 0. The van der Waals surface area contributed by atoms with Gasteiger partial charge in [-0.2, -0.15) is 5.26 Å². The Morgan fingerprint density at radius 3 is 1.90 bits per heavy atom. The molecule has 0 saturated carbocycles. The van der Waals surface area contributed by atoms with Gasteiger partial charge in [-0.3, -0.25) is 4.98 Å². The summed E-state index contributed by atoms with van der Waals surface area (Å²) in [7, 11) is 0. The molecule has 6 aromatic carbocycles. The molecule has 2 aromatic heterocycles. The van der Waals surface area contributed by atoms with E-state index >= 15 is 0 Å². The summed E-state index contributed by atoms with van der Waals surface area (Å²) in [6.45, 7) is 0. The Hall–Kier alpha value is -5.85. The maximum absolute atomic E-state index is 9.35. The highest BCUT2D eigenvalue weighted by Crippen LogP contribution is 2.39. The highest BCUT2D eigenvalue weighted by Gasteiger charge is 2.14. The van der Waals surface area contributed by atoms with Crippen LogP contribution in [0.5, 0.6) is 0 Å². The predicted molar refractivity (Wildman–Crippen MR) is 173 cm³/mol. The molecule has 0 aliphatic heterocycles. The van der Waals surface area contributed by atoms with Crippen molar-refractivity contribution < 1.29 is 0 Å². The number of aromatic nitrogens is 2. The third-order valence-corrected chi connectivity index (χ3v) is 8.11. The summed E-state index contributed by atoms with van der Waals surface area (Å²) in [6.07, 6.45) is 1.83. The summed E-state index contributed by atoms with van der Waals surface area (Å²) in [5, 5.41) is 16.2. The molecule has 8 aromatic rings. The Kier molecular flexibility index (Phi) is 5.52. The van der Waals surface area contributed by atoms with Gasteiger partial charge in [-0.05, 0) is 86.3 Å². The zero-order chi connectivity index (χ0) is 28.0. The lowest BCUT2D eigenvalue weighted by atomic mass is 9.89. The molecule has 194 valence electrons. The van der Waals surface area contributed by atoms with Crippen LogP contribution in [0.3, 0.4) is 0 Å². The van der Waals surface area contributed by atoms with Crippen LogP contribution in [0.15, 0.2) is 140 Å². The fraction of sp³-hybridized carbons (Fsp3) is 0. The Morgan fingerprint density at radius 1 is 0.476 bits per heavy atom. The van der Waals surface area contributed by atoms with Crippen LogP contribution in [0.4, 0.5) is 0 Å². The number of hydrogen-bond acceptors (Lipinski definition) is 3. The maximum atomic E-state index is 9.35. The van der Waals surface area contributed by atoms with E-state index in [4.69, 9.17) is 4.98 Å². The lowest BCUT2D eigenvalue weighted by Gasteiger charge is -2.15. The smallest absolute Gasteiger partial charge is 0.0991 e. The van der Waals surface area contributed by atoms with Crippen molar-refractivity contribution in [2.45, 2.75) is 0 Å². The topological polar surface area (TPSA) is 49.6 Å². The Labute approximate surface area is 243 Å². The summed E-state index contributed by atoms with van der Waals surface area (Å²) in [5.74, 6) is 0. The number of nitriles is 1. The van der Waals surface area contributed by atoms with Crippen molar-refractivity contribution in [3.63, 3.8) is 0 Å². The summed E-state index contributed by atoms with van der Waals surface area (Å²) in [4.78, 5) is 9.81. The molecule has 3 heteroatoms. The first kappa shape index (κ1) is 24.0. The van der Waals surface area contributed by atoms with Gasteiger partial charge in [0.05, 0.1) is 28.4 Å². The number of benzene rings is 6. The van der Waals surface area contributed by atoms with Crippen LogP contribution < -0.4 is 0 Å². The van der Waals surface area contributed by atoms with Gasteiger partial charge >= 0.3 is 0 Å². The standard InChI is InChI=1S/C39H23N3/c40-24-25-10-12-27(13-11-25)35-21-30-5-1-2-6-31(30)22-36(35)32-17-14-26-7-3-9-33(34(26)23-32)37-19-18-29-16-15-28-8-4-20-41-38(28)39(29)42-37/h1-23H. The summed E-state index contributed by atoms with van der Waals surface area (Å²) in [5.41, 5.74) is 9.00. The third kappa shape index (κ3) is 3.98. The molecule has 8 rings (SSSR count). The van der Waals surface area contributed by atoms with Gasteiger partial charge in [0, 0.05) is 22.5 Å². The van der Waals surface area contributed by atoms with Gasteiger partial charge in [0.2, 0.25) is 0 Å². The second-order valence-corrected chi connectivity index (χ2v) is 10.6. The average Bonchev–Trinajstić information content (AvgIpc) is 3.07. The molecule has 2 heterocycles. The third-order valence-electron chi connectivity index (χ3n) is 8.11. The highest BCUT2D eigenvalue weighted by atomic mass is 14.8. The molecular formula is C39H23N3. The maximum Gasteiger partial charge on any atom is 0.0991 e. The lowest BCUT2D eigenvalue weighted by Crippen LogP contribution is -1.91. The van der Waals surface area contributed by atoms with Crippen molar-refractivity contribution in [1.82, 2.24) is 9.97 Å². The largest absolute Gasteiger partial charge is 0.254 e. The average molecular weight is 534 g/mol. The Bertz CT molecular complexity index is 2360. The van der Waals surface area contributed by atoms with Crippen molar-refractivity contribution in [3.05, 3.63) is 145 Å². The van der Waals surface area contributed by atoms with Crippen molar-refractivity contribution in [3.8, 4) is 39.6 Å². The number of nitrogens with zero attached hydrogens (tertiary/aromatic N) is 3. The molecule has 0 aliphatic carbocycles. The Morgan fingerprint density at radius 2 is 1.12 bits per heavy atom. The second-order valence-electron chi connectivity index (χ2n) is 10.6. The van der Waals surface area contributed by atoms with E-state index in [1.807, 2.05) is 36.5 Å². The number of fused-ring (bicyclic) bond motifs is 5. The molecule has 42 heavy (non-hydrogen) atoms. The van der Waals surface area contributed by atoms with Gasteiger partial charge in [-0.15, -0.1) is 0 Å². The quantitative estimate of drug-likeness (QED) is 0.212. The van der Waals surface area contributed by atoms with Crippen molar-refractivity contribution >= 4 is 43.4 Å². The molecule has 0 aliphatic rings. The molecule has 3 nitrogen and oxygen atoms in total. The van der Waals surface area contributed by atoms with Gasteiger partial charge in [0.15, 0.2) is 0 Å². The van der Waals surface area contributed by atoms with E-state index in [-0.39, 0.29) is 0 Å². The molecule has 0 N–H and O–H groups in total. The molecule has 0 fully saturated rings. The van der Waals surface area contributed by atoms with Gasteiger partial charge in [0.1, 0.15) is 0 Å². The summed E-state index contributed by atoms with van der Waals surface area (Å²) in [6, 6.07) is 48.7. The first-order chi connectivity index (χ1) is 20.7. The minimum Gasteiger partial charge on any atom is -0.254 e. The molecule has 0 bridgehead atoms. The van der Waals surface area contributed by atoms with Crippen LogP contribution >= 0.6 is 0 Å². The van der Waals surface area contributed by atoms with Gasteiger partial charge < -0.3 is 0 Å². The van der Waals surface area contributed by atoms with Gasteiger partial charge in [-0.25, -0.2) is 4.98 Å². The fourth-order valence-electron chi connectivity index (χ4n) is 5.98. The number of hydrogen-bond donors (Lipinski definition) is 0. The highest BCUT2D eigenvalue weighted by molar-refractivity contribution is 6.05. The van der Waals surface area contributed by atoms with E-state index in [0.29, 0.717) is 5.56 Å². The monoisotopic (exact) mass is 533 g/mol. The van der Waals surface area contributed by atoms with Crippen LogP contribution in [0.25, 0.3) is 76.9 Å². The van der Waals surface area contributed by atoms with E-state index < -0.39 is 0 Å². The molecule has 0 atom stereocenters. The van der Waals surface area contributed by atoms with E-state index in [2.05, 4.69) is 114 Å². The minimum absolute atomic E-state index is 0.655. The second kappa shape index (κ2) is 9.66. The number of pyridine rings is 2. The van der Waals surface area contributed by atoms with Crippen LogP contribution in [0.2, 0.25) is 0 Å². The van der Waals surface area contributed by atoms with E-state index in [1.165, 1.54) is 10.8 Å². The fourth-order valence-corrected chi connectivity index (χ4v) is 5.98. The van der Waals surface area contributed by atoms with Crippen LogP contribution in [0.1, 0.15) is 5.56 Å².